The molecular formula is C20H25N3. The summed E-state index contributed by atoms with van der Waals surface area (Å²) in [7, 11) is 2.23. The Bertz CT molecular complexity index is 647. The van der Waals surface area contributed by atoms with Crippen LogP contribution in [-0.4, -0.2) is 50.7 Å². The summed E-state index contributed by atoms with van der Waals surface area (Å²) in [6, 6.07) is 20.3. The second kappa shape index (κ2) is 6.25. The van der Waals surface area contributed by atoms with Gasteiger partial charge >= 0.3 is 0 Å². The zero-order valence-electron chi connectivity index (χ0n) is 13.9. The van der Waals surface area contributed by atoms with Crippen molar-refractivity contribution in [1.82, 2.24) is 4.90 Å². The van der Waals surface area contributed by atoms with Crippen LogP contribution in [0, 0.1) is 0 Å². The lowest BCUT2D eigenvalue weighted by molar-refractivity contribution is 0.183. The summed E-state index contributed by atoms with van der Waals surface area (Å²) in [5.74, 6) is 0. The molecule has 0 aliphatic carbocycles. The molecule has 2 aliphatic rings. The molecule has 1 atom stereocenters. The normalized spacial score (nSPS) is 22.0. The van der Waals surface area contributed by atoms with Crippen LogP contribution in [0.3, 0.4) is 0 Å². The van der Waals surface area contributed by atoms with Crippen molar-refractivity contribution in [3.63, 3.8) is 0 Å². The Hall–Kier alpha value is -2.00. The first-order chi connectivity index (χ1) is 11.3. The maximum absolute atomic E-state index is 2.69. The second-order valence-electron chi connectivity index (χ2n) is 6.73. The smallest absolute Gasteiger partial charge is 0.0397 e. The van der Waals surface area contributed by atoms with Gasteiger partial charge in [0.15, 0.2) is 0 Å². The number of nitrogens with zero attached hydrogens (tertiary/aromatic N) is 3. The fourth-order valence-electron chi connectivity index (χ4n) is 4.02. The first-order valence-corrected chi connectivity index (χ1v) is 8.64. The monoisotopic (exact) mass is 307 g/mol. The third-order valence-corrected chi connectivity index (χ3v) is 5.30. The first kappa shape index (κ1) is 14.6. The van der Waals surface area contributed by atoms with Crippen LogP contribution in [0.1, 0.15) is 5.56 Å². The molecule has 23 heavy (non-hydrogen) atoms. The molecule has 0 bridgehead atoms. The Morgan fingerprint density at radius 3 is 2.30 bits per heavy atom. The lowest BCUT2D eigenvalue weighted by Crippen LogP contribution is -2.55. The number of piperazine rings is 1. The minimum absolute atomic E-state index is 0.646. The molecule has 3 heteroatoms. The summed E-state index contributed by atoms with van der Waals surface area (Å²) in [4.78, 5) is 7.62. The Morgan fingerprint density at radius 1 is 0.826 bits per heavy atom. The predicted molar refractivity (Wildman–Crippen MR) is 97.4 cm³/mol. The summed E-state index contributed by atoms with van der Waals surface area (Å²) in [5, 5.41) is 0. The molecule has 2 heterocycles. The Labute approximate surface area is 139 Å². The molecule has 0 N–H and O–H groups in total. The third kappa shape index (κ3) is 2.93. The molecule has 0 radical (unpaired) electrons. The minimum atomic E-state index is 0.646. The quantitative estimate of drug-likeness (QED) is 0.845. The van der Waals surface area contributed by atoms with Gasteiger partial charge in [0.05, 0.1) is 0 Å². The number of benzene rings is 2. The number of para-hydroxylation sites is 2. The van der Waals surface area contributed by atoms with E-state index in [0.29, 0.717) is 6.04 Å². The van der Waals surface area contributed by atoms with Crippen LogP contribution in [0.5, 0.6) is 0 Å². The van der Waals surface area contributed by atoms with E-state index in [1.807, 2.05) is 0 Å². The predicted octanol–water partition coefficient (Wildman–Crippen LogP) is 2.87. The van der Waals surface area contributed by atoms with Crippen LogP contribution in [0.15, 0.2) is 54.6 Å². The van der Waals surface area contributed by atoms with Gasteiger partial charge in [-0.3, -0.25) is 4.90 Å². The minimum Gasteiger partial charge on any atom is -0.373 e. The van der Waals surface area contributed by atoms with Crippen molar-refractivity contribution in [2.24, 2.45) is 0 Å². The first-order valence-electron chi connectivity index (χ1n) is 8.64. The molecule has 2 aromatic rings. The molecule has 120 valence electrons. The zero-order chi connectivity index (χ0) is 15.6. The van der Waals surface area contributed by atoms with Gasteiger partial charge in [-0.2, -0.15) is 0 Å². The average Bonchev–Trinajstić information content (AvgIpc) is 2.63. The van der Waals surface area contributed by atoms with Gasteiger partial charge in [0.2, 0.25) is 0 Å². The molecule has 0 aromatic heterocycles. The van der Waals surface area contributed by atoms with E-state index in [9.17, 15) is 0 Å². The molecule has 0 saturated carbocycles. The fraction of sp³-hybridized carbons (Fsp3) is 0.400. The summed E-state index contributed by atoms with van der Waals surface area (Å²) >= 11 is 0. The van der Waals surface area contributed by atoms with E-state index < -0.39 is 0 Å². The Balaban J connectivity index is 1.42. The van der Waals surface area contributed by atoms with Crippen molar-refractivity contribution in [3.05, 3.63) is 60.2 Å². The number of anilines is 2. The van der Waals surface area contributed by atoms with Gasteiger partial charge in [0, 0.05) is 57.2 Å². The number of rotatable bonds is 2. The molecular weight excluding hydrogens is 282 g/mol. The lowest BCUT2D eigenvalue weighted by Gasteiger charge is -2.44. The highest BCUT2D eigenvalue weighted by Gasteiger charge is 2.29. The van der Waals surface area contributed by atoms with Gasteiger partial charge in [0.1, 0.15) is 0 Å². The largest absolute Gasteiger partial charge is 0.373 e. The molecule has 2 aromatic carbocycles. The van der Waals surface area contributed by atoms with Crippen molar-refractivity contribution in [2.75, 3.05) is 49.6 Å². The van der Waals surface area contributed by atoms with E-state index in [-0.39, 0.29) is 0 Å². The van der Waals surface area contributed by atoms with Crippen molar-refractivity contribution in [2.45, 2.75) is 12.5 Å². The van der Waals surface area contributed by atoms with Gasteiger partial charge in [-0.25, -0.2) is 0 Å². The Kier molecular flexibility index (Phi) is 3.96. The third-order valence-electron chi connectivity index (χ3n) is 5.30. The number of hydrogen-bond donors (Lipinski definition) is 0. The van der Waals surface area contributed by atoms with E-state index in [1.165, 1.54) is 23.4 Å². The van der Waals surface area contributed by atoms with Crippen LogP contribution in [0.25, 0.3) is 0 Å². The maximum Gasteiger partial charge on any atom is 0.0397 e. The fourth-order valence-corrected chi connectivity index (χ4v) is 4.02. The van der Waals surface area contributed by atoms with Crippen molar-refractivity contribution < 1.29 is 0 Å². The van der Waals surface area contributed by atoms with Gasteiger partial charge in [0.25, 0.3) is 0 Å². The highest BCUT2D eigenvalue weighted by Crippen LogP contribution is 2.28. The summed E-state index contributed by atoms with van der Waals surface area (Å²) < 4.78 is 0. The molecule has 3 nitrogen and oxygen atoms in total. The molecule has 2 aliphatic heterocycles. The van der Waals surface area contributed by atoms with Crippen LogP contribution in [0.2, 0.25) is 0 Å². The van der Waals surface area contributed by atoms with Crippen LogP contribution in [-0.2, 0) is 6.42 Å². The number of hydrogen-bond acceptors (Lipinski definition) is 3. The second-order valence-corrected chi connectivity index (χ2v) is 6.73. The van der Waals surface area contributed by atoms with E-state index >= 15 is 0 Å². The van der Waals surface area contributed by atoms with Gasteiger partial charge < -0.3 is 9.80 Å². The van der Waals surface area contributed by atoms with E-state index in [4.69, 9.17) is 0 Å². The highest BCUT2D eigenvalue weighted by atomic mass is 15.3. The van der Waals surface area contributed by atoms with Crippen LogP contribution < -0.4 is 9.80 Å². The van der Waals surface area contributed by atoms with Crippen molar-refractivity contribution >= 4 is 11.4 Å². The van der Waals surface area contributed by atoms with E-state index in [1.54, 1.807) is 0 Å². The van der Waals surface area contributed by atoms with Crippen molar-refractivity contribution in [1.29, 1.82) is 0 Å². The van der Waals surface area contributed by atoms with Gasteiger partial charge in [-0.05, 0) is 30.2 Å². The molecule has 4 rings (SSSR count). The highest BCUT2D eigenvalue weighted by molar-refractivity contribution is 5.55. The van der Waals surface area contributed by atoms with E-state index in [2.05, 4.69) is 76.3 Å². The standard InChI is InChI=1S/C20H25N3/c1-21-16-19(15-17-7-5-6-10-20(17)21)23-13-11-22(12-14-23)18-8-3-2-4-9-18/h2-10,19H,11-16H2,1H3. The molecule has 0 amide bonds. The summed E-state index contributed by atoms with van der Waals surface area (Å²) in [5.41, 5.74) is 4.27. The number of likely N-dealkylation sites (N-methyl/N-ethyl adjacent to an activating group) is 1. The molecule has 1 unspecified atom stereocenters. The van der Waals surface area contributed by atoms with Crippen LogP contribution >= 0.6 is 0 Å². The summed E-state index contributed by atoms with van der Waals surface area (Å²) in [6.07, 6.45) is 1.19. The molecule has 1 saturated heterocycles. The zero-order valence-corrected chi connectivity index (χ0v) is 13.9. The molecule has 1 fully saturated rings. The average molecular weight is 307 g/mol. The van der Waals surface area contributed by atoms with Crippen molar-refractivity contribution in [3.8, 4) is 0 Å². The maximum atomic E-state index is 2.69. The SMILES string of the molecule is CN1CC(N2CCN(c3ccccc3)CC2)Cc2ccccc21. The lowest BCUT2D eigenvalue weighted by atomic mass is 9.96. The topological polar surface area (TPSA) is 9.72 Å². The van der Waals surface area contributed by atoms with E-state index in [0.717, 1.165) is 32.7 Å². The van der Waals surface area contributed by atoms with Gasteiger partial charge in [-0.1, -0.05) is 36.4 Å². The van der Waals surface area contributed by atoms with Crippen LogP contribution in [0.4, 0.5) is 11.4 Å². The van der Waals surface area contributed by atoms with Gasteiger partial charge in [-0.15, -0.1) is 0 Å². The number of fused-ring (bicyclic) bond motifs is 1. The molecule has 0 spiro atoms. The Morgan fingerprint density at radius 2 is 1.52 bits per heavy atom. The summed E-state index contributed by atoms with van der Waals surface area (Å²) in [6.45, 7) is 5.73.